The Bertz CT molecular complexity index is 560. The molecule has 0 saturated heterocycles. The molecule has 0 aliphatic heterocycles. The van der Waals surface area contributed by atoms with Crippen LogP contribution in [0.15, 0.2) is 24.4 Å². The van der Waals surface area contributed by atoms with Crippen LogP contribution >= 0.6 is 11.6 Å². The minimum Gasteiger partial charge on any atom is -0.335 e. The predicted octanol–water partition coefficient (Wildman–Crippen LogP) is 3.46. The van der Waals surface area contributed by atoms with Crippen LogP contribution in [0.4, 0.5) is 20.3 Å². The molecule has 0 fully saturated rings. The summed E-state index contributed by atoms with van der Waals surface area (Å²) in [5, 5.41) is 2.41. The summed E-state index contributed by atoms with van der Waals surface area (Å²) >= 11 is 5.53. The minimum absolute atomic E-state index is 0.110. The lowest BCUT2D eigenvalue weighted by molar-refractivity contribution is 0.615. The van der Waals surface area contributed by atoms with Gasteiger partial charge >= 0.3 is 0 Å². The minimum atomic E-state index is -0.700. The topological polar surface area (TPSA) is 37.8 Å². The molecule has 1 aromatic carbocycles. The van der Waals surface area contributed by atoms with E-state index in [0.29, 0.717) is 0 Å². The second kappa shape index (κ2) is 4.63. The molecule has 0 aliphatic carbocycles. The summed E-state index contributed by atoms with van der Waals surface area (Å²) < 4.78 is 26.8. The number of halogens is 3. The molecule has 0 unspecified atom stereocenters. The van der Waals surface area contributed by atoms with Gasteiger partial charge in [-0.2, -0.15) is 4.98 Å². The molecule has 17 heavy (non-hydrogen) atoms. The summed E-state index contributed by atoms with van der Waals surface area (Å²) in [5.74, 6) is -1.35. The lowest BCUT2D eigenvalue weighted by Gasteiger charge is -2.07. The van der Waals surface area contributed by atoms with Crippen LogP contribution in [0.1, 0.15) is 5.56 Å². The molecule has 1 aromatic heterocycles. The molecule has 0 amide bonds. The Morgan fingerprint density at radius 3 is 2.71 bits per heavy atom. The van der Waals surface area contributed by atoms with Crippen molar-refractivity contribution in [2.75, 3.05) is 5.32 Å². The lowest BCUT2D eigenvalue weighted by atomic mass is 10.2. The fraction of sp³-hybridized carbons (Fsp3) is 0.0909. The van der Waals surface area contributed by atoms with Gasteiger partial charge in [-0.1, -0.05) is 6.07 Å². The van der Waals surface area contributed by atoms with Gasteiger partial charge in [0.2, 0.25) is 5.28 Å². The maximum atomic E-state index is 13.5. The Morgan fingerprint density at radius 2 is 2.00 bits per heavy atom. The van der Waals surface area contributed by atoms with E-state index in [0.717, 1.165) is 11.8 Å². The van der Waals surface area contributed by atoms with Crippen molar-refractivity contribution in [3.05, 3.63) is 46.9 Å². The normalized spacial score (nSPS) is 10.4. The van der Waals surface area contributed by atoms with E-state index >= 15 is 0 Å². The number of aryl methyl sites for hydroxylation is 1. The number of nitrogens with one attached hydrogen (secondary N) is 1. The standard InChI is InChI=1S/C11H8ClF2N3/c1-6-2-3-9(7(13)4-6)16-10-8(14)5-15-11(12)17-10/h2-5H,1H3,(H,15,16,17). The number of nitrogens with zero attached hydrogens (tertiary/aromatic N) is 2. The summed E-state index contributed by atoms with van der Waals surface area (Å²) in [7, 11) is 0. The Balaban J connectivity index is 2.34. The molecule has 88 valence electrons. The third-order valence-corrected chi connectivity index (χ3v) is 2.27. The number of aromatic nitrogens is 2. The molecule has 0 aliphatic rings. The molecule has 6 heteroatoms. The van der Waals surface area contributed by atoms with Crippen LogP contribution in [0.2, 0.25) is 5.28 Å². The van der Waals surface area contributed by atoms with E-state index < -0.39 is 11.6 Å². The number of benzene rings is 1. The van der Waals surface area contributed by atoms with Crippen LogP contribution in [0, 0.1) is 18.6 Å². The van der Waals surface area contributed by atoms with Crippen LogP contribution in [-0.2, 0) is 0 Å². The fourth-order valence-corrected chi connectivity index (χ4v) is 1.42. The molecule has 1 heterocycles. The summed E-state index contributed by atoms with van der Waals surface area (Å²) in [6.45, 7) is 1.76. The van der Waals surface area contributed by atoms with Gasteiger partial charge in [-0.3, -0.25) is 0 Å². The van der Waals surface area contributed by atoms with Gasteiger partial charge in [0.05, 0.1) is 11.9 Å². The smallest absolute Gasteiger partial charge is 0.224 e. The largest absolute Gasteiger partial charge is 0.335 e. The Labute approximate surface area is 101 Å². The quantitative estimate of drug-likeness (QED) is 0.835. The van der Waals surface area contributed by atoms with Crippen molar-refractivity contribution in [3.63, 3.8) is 0 Å². The average Bonchev–Trinajstić information content (AvgIpc) is 2.27. The summed E-state index contributed by atoms with van der Waals surface area (Å²) in [6.07, 6.45) is 0.920. The van der Waals surface area contributed by atoms with Crippen LogP contribution in [0.3, 0.4) is 0 Å². The molecule has 0 radical (unpaired) electrons. The van der Waals surface area contributed by atoms with E-state index in [-0.39, 0.29) is 16.8 Å². The second-order valence-corrected chi connectivity index (χ2v) is 3.78. The van der Waals surface area contributed by atoms with Gasteiger partial charge in [-0.05, 0) is 36.2 Å². The average molecular weight is 256 g/mol. The molecular weight excluding hydrogens is 248 g/mol. The van der Waals surface area contributed by atoms with Crippen LogP contribution in [0.25, 0.3) is 0 Å². The van der Waals surface area contributed by atoms with Crippen molar-refractivity contribution in [2.24, 2.45) is 0 Å². The van der Waals surface area contributed by atoms with E-state index in [1.54, 1.807) is 13.0 Å². The zero-order valence-corrected chi connectivity index (χ0v) is 9.59. The molecular formula is C11H8ClF2N3. The van der Waals surface area contributed by atoms with Gasteiger partial charge in [-0.15, -0.1) is 0 Å². The molecule has 0 atom stereocenters. The fourth-order valence-electron chi connectivity index (χ4n) is 1.28. The first-order chi connectivity index (χ1) is 8.06. The monoisotopic (exact) mass is 255 g/mol. The van der Waals surface area contributed by atoms with Crippen molar-refractivity contribution in [1.82, 2.24) is 9.97 Å². The molecule has 1 N–H and O–H groups in total. The van der Waals surface area contributed by atoms with Crippen molar-refractivity contribution in [1.29, 1.82) is 0 Å². The van der Waals surface area contributed by atoms with Gasteiger partial charge in [0.15, 0.2) is 11.6 Å². The summed E-state index contributed by atoms with van der Waals surface area (Å²) in [5.41, 5.74) is 0.901. The first-order valence-electron chi connectivity index (χ1n) is 4.77. The van der Waals surface area contributed by atoms with Gasteiger partial charge < -0.3 is 5.32 Å². The predicted molar refractivity (Wildman–Crippen MR) is 61.4 cm³/mol. The molecule has 3 nitrogen and oxygen atoms in total. The molecule has 0 bridgehead atoms. The van der Waals surface area contributed by atoms with Gasteiger partial charge in [0.1, 0.15) is 5.82 Å². The van der Waals surface area contributed by atoms with Crippen molar-refractivity contribution >= 4 is 23.1 Å². The maximum absolute atomic E-state index is 13.5. The SMILES string of the molecule is Cc1ccc(Nc2nc(Cl)ncc2F)c(F)c1. The van der Waals surface area contributed by atoms with Crippen molar-refractivity contribution in [2.45, 2.75) is 6.92 Å². The third kappa shape index (κ3) is 2.68. The summed E-state index contributed by atoms with van der Waals surface area (Å²) in [6, 6.07) is 4.54. The zero-order valence-electron chi connectivity index (χ0n) is 8.84. The maximum Gasteiger partial charge on any atom is 0.224 e. The second-order valence-electron chi connectivity index (χ2n) is 3.44. The van der Waals surface area contributed by atoms with E-state index in [2.05, 4.69) is 15.3 Å². The Kier molecular flexibility index (Phi) is 3.19. The van der Waals surface area contributed by atoms with Crippen LogP contribution in [-0.4, -0.2) is 9.97 Å². The highest BCUT2D eigenvalue weighted by atomic mass is 35.5. The highest BCUT2D eigenvalue weighted by Gasteiger charge is 2.09. The van der Waals surface area contributed by atoms with E-state index in [9.17, 15) is 8.78 Å². The molecule has 2 aromatic rings. The third-order valence-electron chi connectivity index (χ3n) is 2.09. The molecule has 0 spiro atoms. The Hall–Kier alpha value is -1.75. The summed E-state index contributed by atoms with van der Waals surface area (Å²) in [4.78, 5) is 7.10. The van der Waals surface area contributed by atoms with Crippen LogP contribution < -0.4 is 5.32 Å². The van der Waals surface area contributed by atoms with E-state index in [4.69, 9.17) is 11.6 Å². The van der Waals surface area contributed by atoms with Crippen molar-refractivity contribution < 1.29 is 8.78 Å². The van der Waals surface area contributed by atoms with Gasteiger partial charge in [0, 0.05) is 0 Å². The van der Waals surface area contributed by atoms with Crippen molar-refractivity contribution in [3.8, 4) is 0 Å². The number of rotatable bonds is 2. The lowest BCUT2D eigenvalue weighted by Crippen LogP contribution is -2.00. The molecule has 0 saturated carbocycles. The highest BCUT2D eigenvalue weighted by Crippen LogP contribution is 2.21. The zero-order chi connectivity index (χ0) is 12.4. The molecule has 2 rings (SSSR count). The number of hydrogen-bond donors (Lipinski definition) is 1. The Morgan fingerprint density at radius 1 is 1.24 bits per heavy atom. The first-order valence-corrected chi connectivity index (χ1v) is 5.15. The van der Waals surface area contributed by atoms with E-state index in [1.165, 1.54) is 12.1 Å². The van der Waals surface area contributed by atoms with Crippen LogP contribution in [0.5, 0.6) is 0 Å². The number of anilines is 2. The first kappa shape index (κ1) is 11.7. The van der Waals surface area contributed by atoms with Gasteiger partial charge in [-0.25, -0.2) is 13.8 Å². The number of hydrogen-bond acceptors (Lipinski definition) is 3. The highest BCUT2D eigenvalue weighted by molar-refractivity contribution is 6.28. The van der Waals surface area contributed by atoms with E-state index in [1.807, 2.05) is 0 Å². The van der Waals surface area contributed by atoms with Gasteiger partial charge in [0.25, 0.3) is 0 Å².